The van der Waals surface area contributed by atoms with E-state index in [0.29, 0.717) is 17.0 Å². The third-order valence-corrected chi connectivity index (χ3v) is 6.29. The molecule has 0 N–H and O–H groups in total. The average Bonchev–Trinajstić information content (AvgIpc) is 3.42. The fourth-order valence-electron chi connectivity index (χ4n) is 4.95. The summed E-state index contributed by atoms with van der Waals surface area (Å²) in [6.45, 7) is 1.70. The van der Waals surface area contributed by atoms with Crippen LogP contribution in [0.25, 0.3) is 0 Å². The highest BCUT2D eigenvalue weighted by Crippen LogP contribution is 2.53. The van der Waals surface area contributed by atoms with Crippen LogP contribution in [-0.2, 0) is 9.59 Å². The van der Waals surface area contributed by atoms with Crippen molar-refractivity contribution < 1.29 is 19.1 Å². The Morgan fingerprint density at radius 3 is 2.28 bits per heavy atom. The number of ether oxygens (including phenoxy) is 1. The number of imide groups is 1. The first-order valence-electron chi connectivity index (χ1n) is 9.96. The van der Waals surface area contributed by atoms with Crippen LogP contribution in [0.15, 0.2) is 66.7 Å². The maximum atomic E-state index is 13.0. The van der Waals surface area contributed by atoms with Gasteiger partial charge in [-0.3, -0.25) is 14.4 Å². The molecule has 146 valence electrons. The first-order chi connectivity index (χ1) is 14.0. The first-order valence-corrected chi connectivity index (χ1v) is 9.96. The zero-order valence-corrected chi connectivity index (χ0v) is 16.0. The first kappa shape index (κ1) is 17.9. The summed E-state index contributed by atoms with van der Waals surface area (Å²) >= 11 is 0. The largest absolute Gasteiger partial charge is 0.482 e. The van der Waals surface area contributed by atoms with Crippen LogP contribution in [0.1, 0.15) is 23.7 Å². The van der Waals surface area contributed by atoms with E-state index < -0.39 is 6.10 Å². The van der Waals surface area contributed by atoms with Gasteiger partial charge >= 0.3 is 0 Å². The van der Waals surface area contributed by atoms with Crippen molar-refractivity contribution in [1.29, 1.82) is 0 Å². The second kappa shape index (κ2) is 6.69. The van der Waals surface area contributed by atoms with Crippen LogP contribution in [0, 0.1) is 23.7 Å². The molecule has 5 rings (SSSR count). The number of fused-ring (bicyclic) bond motifs is 5. The summed E-state index contributed by atoms with van der Waals surface area (Å²) in [6, 6.07) is 15.9. The molecule has 2 aliphatic carbocycles. The minimum Gasteiger partial charge on any atom is -0.482 e. The van der Waals surface area contributed by atoms with Crippen molar-refractivity contribution in [3.05, 3.63) is 72.3 Å². The number of hydrogen-bond acceptors (Lipinski definition) is 4. The van der Waals surface area contributed by atoms with E-state index >= 15 is 0 Å². The van der Waals surface area contributed by atoms with Gasteiger partial charge in [-0.05, 0) is 37.3 Å². The fourth-order valence-corrected chi connectivity index (χ4v) is 4.95. The summed E-state index contributed by atoms with van der Waals surface area (Å²) in [5, 5.41) is 0. The lowest BCUT2D eigenvalue weighted by Gasteiger charge is -2.19. The van der Waals surface area contributed by atoms with E-state index in [1.807, 2.05) is 18.2 Å². The normalized spacial score (nSPS) is 28.0. The van der Waals surface area contributed by atoms with Crippen LogP contribution >= 0.6 is 0 Å². The van der Waals surface area contributed by atoms with Crippen molar-refractivity contribution in [2.45, 2.75) is 19.4 Å². The van der Waals surface area contributed by atoms with Gasteiger partial charge in [-0.25, -0.2) is 4.90 Å². The Labute approximate surface area is 169 Å². The molecule has 3 aliphatic rings. The minimum atomic E-state index is -0.683. The van der Waals surface area contributed by atoms with Crippen LogP contribution in [0.2, 0.25) is 0 Å². The van der Waals surface area contributed by atoms with Gasteiger partial charge in [-0.2, -0.15) is 0 Å². The maximum absolute atomic E-state index is 13.0. The van der Waals surface area contributed by atoms with Gasteiger partial charge in [0.2, 0.25) is 17.6 Å². The number of allylic oxidation sites excluding steroid dienone is 2. The number of carbonyl (C=O) groups excluding carboxylic acids is 3. The van der Waals surface area contributed by atoms with E-state index in [0.717, 1.165) is 6.42 Å². The van der Waals surface area contributed by atoms with Crippen molar-refractivity contribution in [1.82, 2.24) is 0 Å². The van der Waals surface area contributed by atoms with Crippen molar-refractivity contribution in [2.75, 3.05) is 4.90 Å². The lowest BCUT2D eigenvalue weighted by Crippen LogP contribution is -2.33. The highest BCUT2D eigenvalue weighted by molar-refractivity contribution is 6.22. The highest BCUT2D eigenvalue weighted by Gasteiger charge is 2.59. The molecule has 5 heteroatoms. The molecule has 2 bridgehead atoms. The lowest BCUT2D eigenvalue weighted by atomic mass is 9.85. The zero-order chi connectivity index (χ0) is 20.1. The molecule has 0 radical (unpaired) electrons. The molecule has 2 aromatic carbocycles. The molecule has 2 fully saturated rings. The van der Waals surface area contributed by atoms with E-state index in [1.54, 1.807) is 43.3 Å². The Bertz CT molecular complexity index is 998. The lowest BCUT2D eigenvalue weighted by molar-refractivity contribution is -0.123. The van der Waals surface area contributed by atoms with Crippen molar-refractivity contribution in [3.63, 3.8) is 0 Å². The molecular formula is C24H21NO4. The number of benzene rings is 2. The standard InChI is InChI=1S/C24H21NO4/c1-14(22(26)15-6-3-2-4-7-15)29-19-9-5-8-18(13-19)25-23(27)20-16-10-11-17(12-16)21(20)24(25)28/h2-11,13-14,16-17,20-21H,12H2,1H3/t14-,16-,17-,20-,21+/m0/s1. The number of ketones is 1. The summed E-state index contributed by atoms with van der Waals surface area (Å²) < 4.78 is 5.84. The Morgan fingerprint density at radius 1 is 0.966 bits per heavy atom. The van der Waals surface area contributed by atoms with Crippen LogP contribution in [0.3, 0.4) is 0 Å². The molecule has 1 saturated carbocycles. The van der Waals surface area contributed by atoms with Crippen molar-refractivity contribution in [3.8, 4) is 5.75 Å². The fraction of sp³-hybridized carbons (Fsp3) is 0.292. The van der Waals surface area contributed by atoms with E-state index in [9.17, 15) is 14.4 Å². The van der Waals surface area contributed by atoms with E-state index in [4.69, 9.17) is 4.74 Å². The van der Waals surface area contributed by atoms with Gasteiger partial charge in [0.05, 0.1) is 17.5 Å². The Kier molecular flexibility index (Phi) is 4.12. The molecule has 2 amide bonds. The van der Waals surface area contributed by atoms with Crippen LogP contribution in [0.4, 0.5) is 5.69 Å². The number of hydrogen-bond donors (Lipinski definition) is 0. The van der Waals surface area contributed by atoms with E-state index in [2.05, 4.69) is 12.2 Å². The molecule has 0 spiro atoms. The van der Waals surface area contributed by atoms with Crippen LogP contribution in [-0.4, -0.2) is 23.7 Å². The number of carbonyl (C=O) groups is 3. The molecule has 1 saturated heterocycles. The van der Waals surface area contributed by atoms with E-state index in [1.165, 1.54) is 4.90 Å². The molecule has 1 aliphatic heterocycles. The molecule has 0 unspecified atom stereocenters. The Hall–Kier alpha value is -3.21. The third-order valence-electron chi connectivity index (χ3n) is 6.29. The van der Waals surface area contributed by atoms with Crippen LogP contribution in [0.5, 0.6) is 5.75 Å². The number of amides is 2. The summed E-state index contributed by atoms with van der Waals surface area (Å²) in [5.74, 6) is -0.0329. The topological polar surface area (TPSA) is 63.7 Å². The van der Waals surface area contributed by atoms with Gasteiger partial charge < -0.3 is 4.74 Å². The van der Waals surface area contributed by atoms with Gasteiger partial charge in [0.15, 0.2) is 6.10 Å². The summed E-state index contributed by atoms with van der Waals surface area (Å²) in [7, 11) is 0. The summed E-state index contributed by atoms with van der Waals surface area (Å²) in [6.07, 6.45) is 4.38. The molecule has 5 atom stereocenters. The highest BCUT2D eigenvalue weighted by atomic mass is 16.5. The number of Topliss-reactive ketones (excluding diaryl/α,β-unsaturated/α-hetero) is 1. The van der Waals surface area contributed by atoms with Gasteiger partial charge in [0, 0.05) is 11.6 Å². The second-order valence-electron chi connectivity index (χ2n) is 8.00. The Morgan fingerprint density at radius 2 is 1.62 bits per heavy atom. The summed E-state index contributed by atoms with van der Waals surface area (Å²) in [5.41, 5.74) is 1.09. The quantitative estimate of drug-likeness (QED) is 0.446. The van der Waals surface area contributed by atoms with E-state index in [-0.39, 0.29) is 41.3 Å². The molecule has 5 nitrogen and oxygen atoms in total. The van der Waals surface area contributed by atoms with Gasteiger partial charge in [0.25, 0.3) is 0 Å². The predicted molar refractivity (Wildman–Crippen MR) is 108 cm³/mol. The third kappa shape index (κ3) is 2.80. The molecule has 0 aromatic heterocycles. The monoisotopic (exact) mass is 387 g/mol. The SMILES string of the molecule is C[C@H](Oc1cccc(N2C(=O)[C@@H]3[C@H](C2=O)[C@H]2C=C[C@H]3C2)c1)C(=O)c1ccccc1. The molecular weight excluding hydrogens is 366 g/mol. The number of anilines is 1. The van der Waals surface area contributed by atoms with Gasteiger partial charge in [-0.1, -0.05) is 48.6 Å². The smallest absolute Gasteiger partial charge is 0.238 e. The number of rotatable bonds is 5. The molecule has 2 aromatic rings. The average molecular weight is 387 g/mol. The Balaban J connectivity index is 1.36. The second-order valence-corrected chi connectivity index (χ2v) is 8.00. The van der Waals surface area contributed by atoms with Crippen molar-refractivity contribution >= 4 is 23.3 Å². The maximum Gasteiger partial charge on any atom is 0.238 e. The molecule has 29 heavy (non-hydrogen) atoms. The summed E-state index contributed by atoms with van der Waals surface area (Å²) in [4.78, 5) is 39.8. The zero-order valence-electron chi connectivity index (χ0n) is 16.0. The van der Waals surface area contributed by atoms with Crippen molar-refractivity contribution in [2.24, 2.45) is 23.7 Å². The number of nitrogens with zero attached hydrogens (tertiary/aromatic N) is 1. The predicted octanol–water partition coefficient (Wildman–Crippen LogP) is 3.65. The minimum absolute atomic E-state index is 0.123. The van der Waals surface area contributed by atoms with Crippen LogP contribution < -0.4 is 9.64 Å². The van der Waals surface area contributed by atoms with Gasteiger partial charge in [-0.15, -0.1) is 0 Å². The molecule has 1 heterocycles. The van der Waals surface area contributed by atoms with Gasteiger partial charge in [0.1, 0.15) is 5.75 Å².